The lowest BCUT2D eigenvalue weighted by Gasteiger charge is -2.23. The third kappa shape index (κ3) is 9.00. The van der Waals surface area contributed by atoms with Crippen LogP contribution in [0.5, 0.6) is 5.75 Å². The number of rotatable bonds is 11. The Bertz CT molecular complexity index is 1500. The number of para-hydroxylation sites is 1. The number of amides is 3. The first kappa shape index (κ1) is 31.5. The Labute approximate surface area is 253 Å². The first-order valence-electron chi connectivity index (χ1n) is 13.5. The van der Waals surface area contributed by atoms with Gasteiger partial charge in [0.15, 0.2) is 17.3 Å². The molecule has 1 aliphatic carbocycles. The van der Waals surface area contributed by atoms with E-state index in [0.717, 1.165) is 12.8 Å². The van der Waals surface area contributed by atoms with Crippen LogP contribution in [0.1, 0.15) is 44.1 Å². The minimum Gasteiger partial charge on any atom is -0.494 e. The van der Waals surface area contributed by atoms with E-state index < -0.39 is 22.8 Å². The number of nitrogens with zero attached hydrogens (tertiary/aromatic N) is 4. The van der Waals surface area contributed by atoms with Gasteiger partial charge in [-0.1, -0.05) is 11.3 Å². The summed E-state index contributed by atoms with van der Waals surface area (Å²) in [5.41, 5.74) is 1.11. The molecule has 1 aromatic carbocycles. The molecule has 0 aliphatic heterocycles. The number of alkyl carbamates (subject to hydrolysis) is 1. The van der Waals surface area contributed by atoms with E-state index in [0.29, 0.717) is 35.8 Å². The first-order chi connectivity index (χ1) is 20.2. The van der Waals surface area contributed by atoms with Gasteiger partial charge in [0.1, 0.15) is 5.60 Å². The Hall–Kier alpha value is -4.49. The van der Waals surface area contributed by atoms with Crippen molar-refractivity contribution in [3.05, 3.63) is 42.2 Å². The average Bonchev–Trinajstić information content (AvgIpc) is 3.65. The van der Waals surface area contributed by atoms with Crippen LogP contribution in [-0.4, -0.2) is 85.9 Å². The average molecular weight is 580 g/mol. The van der Waals surface area contributed by atoms with Gasteiger partial charge in [0.25, 0.3) is 5.91 Å². The van der Waals surface area contributed by atoms with Crippen LogP contribution in [0.15, 0.2) is 36.5 Å². The van der Waals surface area contributed by atoms with Gasteiger partial charge in [-0.3, -0.25) is 14.3 Å². The fraction of sp³-hybridized carbons (Fsp3) is 0.407. The number of ether oxygens (including phenoxy) is 2. The van der Waals surface area contributed by atoms with Crippen LogP contribution in [0, 0.1) is 5.92 Å². The normalized spacial score (nSPS) is 13.1. The molecule has 43 heavy (non-hydrogen) atoms. The van der Waals surface area contributed by atoms with Crippen LogP contribution < -0.4 is 26.0 Å². The highest BCUT2D eigenvalue weighted by atomic mass is 16.6. The lowest BCUT2D eigenvalue weighted by atomic mass is 9.49. The smallest absolute Gasteiger partial charge is 0.407 e. The maximum absolute atomic E-state index is 12.9. The van der Waals surface area contributed by atoms with Crippen LogP contribution in [0.25, 0.3) is 11.3 Å². The summed E-state index contributed by atoms with van der Waals surface area (Å²) in [5.74, 6) is -0.491. The predicted molar refractivity (Wildman–Crippen MR) is 163 cm³/mol. The molecule has 6 radical (unpaired) electrons. The van der Waals surface area contributed by atoms with Crippen molar-refractivity contribution in [2.45, 2.75) is 51.0 Å². The van der Waals surface area contributed by atoms with Crippen molar-refractivity contribution in [1.29, 1.82) is 0 Å². The van der Waals surface area contributed by atoms with Crippen molar-refractivity contribution in [2.75, 3.05) is 24.3 Å². The van der Waals surface area contributed by atoms with Gasteiger partial charge in [0.2, 0.25) is 5.91 Å². The quantitative estimate of drug-likeness (QED) is 0.248. The highest BCUT2D eigenvalue weighted by molar-refractivity contribution is 6.60. The van der Waals surface area contributed by atoms with Gasteiger partial charge >= 0.3 is 6.09 Å². The van der Waals surface area contributed by atoms with Crippen LogP contribution in [-0.2, 0) is 16.1 Å². The van der Waals surface area contributed by atoms with Gasteiger partial charge in [0, 0.05) is 30.3 Å². The number of benzene rings is 1. The first-order valence-corrected chi connectivity index (χ1v) is 13.5. The van der Waals surface area contributed by atoms with Crippen molar-refractivity contribution in [3.8, 4) is 17.0 Å². The van der Waals surface area contributed by atoms with E-state index in [-0.39, 0.29) is 29.0 Å². The number of nitrogens with one attached hydrogen (secondary N) is 4. The second-order valence-corrected chi connectivity index (χ2v) is 11.0. The van der Waals surface area contributed by atoms with E-state index >= 15 is 0 Å². The summed E-state index contributed by atoms with van der Waals surface area (Å²) in [6.07, 6.45) is 2.87. The summed E-state index contributed by atoms with van der Waals surface area (Å²) in [6, 6.07) is 8.59. The van der Waals surface area contributed by atoms with Gasteiger partial charge in [-0.2, -0.15) is 5.10 Å². The highest BCUT2D eigenvalue weighted by Crippen LogP contribution is 2.38. The molecule has 4 N–H and O–H groups in total. The minimum atomic E-state index is -2.01. The number of aromatic nitrogens is 4. The number of methoxy groups -OCH3 is 1. The standard InChI is InChI=1S/C27H31B3N8O5/c1-26(2,3)43-25(41)31-11-13-38-12-10-17(37-38)16-6-5-7-18(22(16)42-4)32-19-14-20(33-23(39)15-8-9-15)35-36-21(19)24(40)34-27(28,29)30/h5-7,10,12,14-15H,8-9,11,13H2,1-4H3,(H,31,41)(H,34,40)(H2,32,33,35,39). The molecule has 3 aromatic rings. The molecule has 1 saturated carbocycles. The summed E-state index contributed by atoms with van der Waals surface area (Å²) in [4.78, 5) is 37.2. The molecule has 218 valence electrons. The molecule has 0 saturated heterocycles. The molecule has 2 heterocycles. The topological polar surface area (TPSA) is 161 Å². The largest absolute Gasteiger partial charge is 0.494 e. The maximum atomic E-state index is 12.9. The van der Waals surface area contributed by atoms with E-state index in [9.17, 15) is 14.4 Å². The van der Waals surface area contributed by atoms with Crippen molar-refractivity contribution in [1.82, 2.24) is 30.6 Å². The van der Waals surface area contributed by atoms with Crippen LogP contribution in [0.2, 0.25) is 0 Å². The molecule has 1 aliphatic rings. The molecule has 0 unspecified atom stereocenters. The second kappa shape index (κ2) is 12.8. The molecule has 2 aromatic heterocycles. The number of hydrogen-bond acceptors (Lipinski definition) is 9. The van der Waals surface area contributed by atoms with E-state index in [1.54, 1.807) is 49.8 Å². The Morgan fingerprint density at radius 1 is 1.07 bits per heavy atom. The van der Waals surface area contributed by atoms with Gasteiger partial charge in [-0.25, -0.2) is 4.79 Å². The lowest BCUT2D eigenvalue weighted by molar-refractivity contribution is -0.117. The molecule has 3 amide bonds. The summed E-state index contributed by atoms with van der Waals surface area (Å²) >= 11 is 0. The molecular weight excluding hydrogens is 549 g/mol. The Balaban J connectivity index is 1.57. The van der Waals surface area contributed by atoms with Crippen molar-refractivity contribution >= 4 is 58.6 Å². The summed E-state index contributed by atoms with van der Waals surface area (Å²) < 4.78 is 12.7. The van der Waals surface area contributed by atoms with Crippen molar-refractivity contribution in [3.63, 3.8) is 0 Å². The molecule has 16 heteroatoms. The molecule has 4 rings (SSSR count). The third-order valence-electron chi connectivity index (χ3n) is 5.95. The predicted octanol–water partition coefficient (Wildman–Crippen LogP) is 1.81. The second-order valence-electron chi connectivity index (χ2n) is 11.0. The van der Waals surface area contributed by atoms with Crippen LogP contribution in [0.3, 0.4) is 0 Å². The summed E-state index contributed by atoms with van der Waals surface area (Å²) in [5, 5.41) is 21.3. The fourth-order valence-electron chi connectivity index (χ4n) is 3.96. The summed E-state index contributed by atoms with van der Waals surface area (Å²) in [6.45, 7) is 6.09. The SMILES string of the molecule is [B]C([B])([B])NC(=O)c1nnc(NC(=O)C2CC2)cc1Nc1cccc(-c2ccn(CCNC(=O)OC(C)(C)C)n2)c1OC. The van der Waals surface area contributed by atoms with Crippen molar-refractivity contribution < 1.29 is 23.9 Å². The number of carbonyl (C=O) groups is 3. The van der Waals surface area contributed by atoms with Gasteiger partial charge in [0.05, 0.1) is 54.3 Å². The maximum Gasteiger partial charge on any atom is 0.407 e. The zero-order chi connectivity index (χ0) is 31.4. The zero-order valence-corrected chi connectivity index (χ0v) is 24.4. The lowest BCUT2D eigenvalue weighted by Crippen LogP contribution is -2.50. The van der Waals surface area contributed by atoms with Gasteiger partial charge < -0.3 is 30.7 Å². The zero-order valence-electron chi connectivity index (χ0n) is 24.4. The van der Waals surface area contributed by atoms with E-state index in [4.69, 9.17) is 33.0 Å². The number of carbonyl (C=O) groups excluding carboxylic acids is 3. The fourth-order valence-corrected chi connectivity index (χ4v) is 3.96. The molecule has 0 atom stereocenters. The monoisotopic (exact) mass is 580 g/mol. The van der Waals surface area contributed by atoms with E-state index in [2.05, 4.69) is 36.6 Å². The molecule has 13 nitrogen and oxygen atoms in total. The Kier molecular flexibility index (Phi) is 9.36. The number of hydrogen-bond donors (Lipinski definition) is 4. The molecule has 1 fully saturated rings. The molecule has 0 spiro atoms. The van der Waals surface area contributed by atoms with E-state index in [1.807, 2.05) is 6.07 Å². The van der Waals surface area contributed by atoms with E-state index in [1.165, 1.54) is 13.2 Å². The van der Waals surface area contributed by atoms with Gasteiger partial charge in [-0.15, -0.1) is 10.2 Å². The molecular formula is C27H31B3N8O5. The Morgan fingerprint density at radius 3 is 2.47 bits per heavy atom. The van der Waals surface area contributed by atoms with Crippen LogP contribution >= 0.6 is 0 Å². The Morgan fingerprint density at radius 2 is 1.81 bits per heavy atom. The van der Waals surface area contributed by atoms with Gasteiger partial charge in [-0.05, 0) is 51.8 Å². The minimum absolute atomic E-state index is 0.0711. The third-order valence-corrected chi connectivity index (χ3v) is 5.95. The molecule has 0 bridgehead atoms. The highest BCUT2D eigenvalue weighted by Gasteiger charge is 2.30. The van der Waals surface area contributed by atoms with Crippen LogP contribution in [0.4, 0.5) is 22.0 Å². The summed E-state index contributed by atoms with van der Waals surface area (Å²) in [7, 11) is 18.2. The van der Waals surface area contributed by atoms with Crippen molar-refractivity contribution in [2.24, 2.45) is 5.92 Å². The number of anilines is 3.